The lowest BCUT2D eigenvalue weighted by Gasteiger charge is -2.17. The van der Waals surface area contributed by atoms with E-state index in [9.17, 15) is 9.90 Å². The second-order valence-electron chi connectivity index (χ2n) is 5.49. The van der Waals surface area contributed by atoms with E-state index in [1.807, 2.05) is 0 Å². The van der Waals surface area contributed by atoms with Crippen LogP contribution in [0.3, 0.4) is 0 Å². The molecule has 1 rings (SSSR count). The number of aliphatic hydroxyl groups excluding tert-OH is 1. The molecule has 3 atom stereocenters. The Hall–Kier alpha value is -0.370. The van der Waals surface area contributed by atoms with Crippen molar-refractivity contribution in [2.24, 2.45) is 11.8 Å². The zero-order valence-electron chi connectivity index (χ0n) is 11.5. The van der Waals surface area contributed by atoms with Crippen molar-refractivity contribution >= 4 is 5.78 Å². The van der Waals surface area contributed by atoms with Crippen LogP contribution in [-0.2, 0) is 4.79 Å². The molecule has 2 heteroatoms. The molecule has 0 radical (unpaired) electrons. The predicted molar refractivity (Wildman–Crippen MR) is 70.9 cm³/mol. The van der Waals surface area contributed by atoms with Crippen molar-refractivity contribution in [2.75, 3.05) is 0 Å². The van der Waals surface area contributed by atoms with Crippen molar-refractivity contribution in [3.05, 3.63) is 0 Å². The molecule has 100 valence electrons. The lowest BCUT2D eigenvalue weighted by molar-refractivity contribution is -0.127. The lowest BCUT2D eigenvalue weighted by atomic mass is 9.92. The summed E-state index contributed by atoms with van der Waals surface area (Å²) in [7, 11) is 0. The molecule has 0 aromatic heterocycles. The standard InChI is InChI=1S/C15H28O2/c1-3-5-7-8-12-10-11-13(15(12)17)14(16)9-6-4-2/h12-14,16H,3-11H2,1-2H3. The largest absolute Gasteiger partial charge is 0.392 e. The average Bonchev–Trinajstić information content (AvgIpc) is 2.68. The molecule has 2 nitrogen and oxygen atoms in total. The van der Waals surface area contributed by atoms with Gasteiger partial charge in [0.1, 0.15) is 5.78 Å². The number of hydrogen-bond acceptors (Lipinski definition) is 2. The predicted octanol–water partition coefficient (Wildman–Crippen LogP) is 3.71. The second kappa shape index (κ2) is 7.86. The van der Waals surface area contributed by atoms with Gasteiger partial charge in [0.15, 0.2) is 0 Å². The molecule has 0 aromatic rings. The summed E-state index contributed by atoms with van der Waals surface area (Å²) in [5.74, 6) is 0.556. The van der Waals surface area contributed by atoms with Gasteiger partial charge in [-0.1, -0.05) is 46.0 Å². The van der Waals surface area contributed by atoms with E-state index in [2.05, 4.69) is 13.8 Å². The van der Waals surface area contributed by atoms with Gasteiger partial charge >= 0.3 is 0 Å². The summed E-state index contributed by atoms with van der Waals surface area (Å²) < 4.78 is 0. The van der Waals surface area contributed by atoms with Gasteiger partial charge < -0.3 is 5.11 Å². The third kappa shape index (κ3) is 4.42. The minimum Gasteiger partial charge on any atom is -0.392 e. The molecule has 1 aliphatic carbocycles. The van der Waals surface area contributed by atoms with E-state index in [4.69, 9.17) is 0 Å². The van der Waals surface area contributed by atoms with E-state index in [0.717, 1.165) is 38.5 Å². The van der Waals surface area contributed by atoms with E-state index in [1.165, 1.54) is 19.3 Å². The zero-order chi connectivity index (χ0) is 12.7. The van der Waals surface area contributed by atoms with Crippen LogP contribution in [0.25, 0.3) is 0 Å². The van der Waals surface area contributed by atoms with Crippen LogP contribution in [0.15, 0.2) is 0 Å². The number of Topliss-reactive ketones (excluding diaryl/α,β-unsaturated/α-hetero) is 1. The maximum atomic E-state index is 12.1. The fourth-order valence-electron chi connectivity index (χ4n) is 2.89. The molecular weight excluding hydrogens is 212 g/mol. The Morgan fingerprint density at radius 2 is 1.88 bits per heavy atom. The highest BCUT2D eigenvalue weighted by Crippen LogP contribution is 2.34. The number of rotatable bonds is 8. The van der Waals surface area contributed by atoms with Crippen LogP contribution in [0, 0.1) is 11.8 Å². The lowest BCUT2D eigenvalue weighted by Crippen LogP contribution is -2.26. The van der Waals surface area contributed by atoms with Crippen LogP contribution in [0.5, 0.6) is 0 Å². The third-order valence-corrected chi connectivity index (χ3v) is 4.07. The molecule has 17 heavy (non-hydrogen) atoms. The minimum atomic E-state index is -0.376. The second-order valence-corrected chi connectivity index (χ2v) is 5.49. The SMILES string of the molecule is CCCCCC1CCC(C(O)CCCC)C1=O. The van der Waals surface area contributed by atoms with Crippen LogP contribution < -0.4 is 0 Å². The number of aliphatic hydroxyl groups is 1. The maximum absolute atomic E-state index is 12.1. The summed E-state index contributed by atoms with van der Waals surface area (Å²) in [6.45, 7) is 4.31. The molecular formula is C15H28O2. The number of carbonyl (C=O) groups is 1. The van der Waals surface area contributed by atoms with E-state index < -0.39 is 0 Å². The van der Waals surface area contributed by atoms with Gasteiger partial charge in [0.2, 0.25) is 0 Å². The highest BCUT2D eigenvalue weighted by molar-refractivity contribution is 5.85. The van der Waals surface area contributed by atoms with Crippen LogP contribution in [0.4, 0.5) is 0 Å². The van der Waals surface area contributed by atoms with Gasteiger partial charge in [-0.2, -0.15) is 0 Å². The Morgan fingerprint density at radius 3 is 2.53 bits per heavy atom. The van der Waals surface area contributed by atoms with Crippen molar-refractivity contribution in [1.82, 2.24) is 0 Å². The number of carbonyl (C=O) groups excluding carboxylic acids is 1. The smallest absolute Gasteiger partial charge is 0.141 e. The molecule has 0 aliphatic heterocycles. The van der Waals surface area contributed by atoms with Crippen molar-refractivity contribution in [2.45, 2.75) is 77.7 Å². The zero-order valence-corrected chi connectivity index (χ0v) is 11.5. The fraction of sp³-hybridized carbons (Fsp3) is 0.933. The van der Waals surface area contributed by atoms with Gasteiger partial charge in [-0.25, -0.2) is 0 Å². The van der Waals surface area contributed by atoms with E-state index in [1.54, 1.807) is 0 Å². The van der Waals surface area contributed by atoms with Crippen molar-refractivity contribution in [1.29, 1.82) is 0 Å². The van der Waals surface area contributed by atoms with E-state index >= 15 is 0 Å². The van der Waals surface area contributed by atoms with Gasteiger partial charge in [0.05, 0.1) is 6.10 Å². The highest BCUT2D eigenvalue weighted by atomic mass is 16.3. The molecule has 0 amide bonds. The molecule has 0 bridgehead atoms. The quantitative estimate of drug-likeness (QED) is 0.657. The number of hydrogen-bond donors (Lipinski definition) is 1. The third-order valence-electron chi connectivity index (χ3n) is 4.07. The molecule has 1 fully saturated rings. The first-order chi connectivity index (χ1) is 8.20. The van der Waals surface area contributed by atoms with Gasteiger partial charge in [-0.15, -0.1) is 0 Å². The van der Waals surface area contributed by atoms with Gasteiger partial charge in [-0.3, -0.25) is 4.79 Å². The van der Waals surface area contributed by atoms with E-state index in [-0.39, 0.29) is 17.9 Å². The Kier molecular flexibility index (Phi) is 6.79. The molecule has 1 saturated carbocycles. The summed E-state index contributed by atoms with van der Waals surface area (Å²) in [5, 5.41) is 10.0. The van der Waals surface area contributed by atoms with Crippen molar-refractivity contribution in [3.63, 3.8) is 0 Å². The summed E-state index contributed by atoms with van der Waals surface area (Å²) in [5.41, 5.74) is 0. The molecule has 0 saturated heterocycles. The Labute approximate surface area is 106 Å². The first-order valence-corrected chi connectivity index (χ1v) is 7.42. The highest BCUT2D eigenvalue weighted by Gasteiger charge is 2.37. The van der Waals surface area contributed by atoms with Crippen molar-refractivity contribution in [3.8, 4) is 0 Å². The molecule has 3 unspecified atom stereocenters. The van der Waals surface area contributed by atoms with Crippen LogP contribution in [0.1, 0.15) is 71.6 Å². The Morgan fingerprint density at radius 1 is 1.18 bits per heavy atom. The molecule has 0 spiro atoms. The van der Waals surface area contributed by atoms with E-state index in [0.29, 0.717) is 5.78 Å². The first-order valence-electron chi connectivity index (χ1n) is 7.42. The van der Waals surface area contributed by atoms with Crippen molar-refractivity contribution < 1.29 is 9.90 Å². The summed E-state index contributed by atoms with van der Waals surface area (Å²) in [6.07, 6.45) is 9.14. The number of unbranched alkanes of at least 4 members (excludes halogenated alkanes) is 3. The molecule has 1 aliphatic rings. The molecule has 0 aromatic carbocycles. The molecule has 0 heterocycles. The topological polar surface area (TPSA) is 37.3 Å². The summed E-state index contributed by atoms with van der Waals surface area (Å²) >= 11 is 0. The van der Waals surface area contributed by atoms with Crippen LogP contribution >= 0.6 is 0 Å². The minimum absolute atomic E-state index is 0.0480. The monoisotopic (exact) mass is 240 g/mol. The number of ketones is 1. The first kappa shape index (κ1) is 14.7. The van der Waals surface area contributed by atoms with Gasteiger partial charge in [0, 0.05) is 11.8 Å². The fourth-order valence-corrected chi connectivity index (χ4v) is 2.89. The Balaban J connectivity index is 2.32. The maximum Gasteiger partial charge on any atom is 0.141 e. The summed E-state index contributed by atoms with van der Waals surface area (Å²) in [4.78, 5) is 12.1. The van der Waals surface area contributed by atoms with Gasteiger partial charge in [-0.05, 0) is 25.7 Å². The average molecular weight is 240 g/mol. The Bertz CT molecular complexity index is 225. The molecule has 1 N–H and O–H groups in total. The van der Waals surface area contributed by atoms with Gasteiger partial charge in [0.25, 0.3) is 0 Å². The van der Waals surface area contributed by atoms with Crippen LogP contribution in [-0.4, -0.2) is 17.0 Å². The summed E-state index contributed by atoms with van der Waals surface area (Å²) in [6, 6.07) is 0. The van der Waals surface area contributed by atoms with Crippen LogP contribution in [0.2, 0.25) is 0 Å². The normalized spacial score (nSPS) is 26.4.